The van der Waals surface area contributed by atoms with Gasteiger partial charge in [-0.3, -0.25) is 4.31 Å². The van der Waals surface area contributed by atoms with Crippen molar-refractivity contribution in [3.63, 3.8) is 0 Å². The summed E-state index contributed by atoms with van der Waals surface area (Å²) in [5, 5.41) is 0. The third-order valence-corrected chi connectivity index (χ3v) is 5.58. The minimum atomic E-state index is -3.41. The van der Waals surface area contributed by atoms with Gasteiger partial charge in [0.25, 0.3) is 0 Å². The quantitative estimate of drug-likeness (QED) is 0.833. The molecule has 0 spiro atoms. The summed E-state index contributed by atoms with van der Waals surface area (Å²) in [4.78, 5) is 0. The molecule has 1 aliphatic rings. The molecule has 5 heteroatoms. The second-order valence-corrected chi connectivity index (χ2v) is 7.76. The summed E-state index contributed by atoms with van der Waals surface area (Å²) in [7, 11) is -0.252. The Morgan fingerprint density at radius 3 is 2.37 bits per heavy atom. The lowest BCUT2D eigenvalue weighted by Crippen LogP contribution is -2.45. The third-order valence-electron chi connectivity index (χ3n) is 3.75. The van der Waals surface area contributed by atoms with Crippen LogP contribution in [0, 0.1) is 19.8 Å². The van der Waals surface area contributed by atoms with Crippen LogP contribution in [0.5, 0.6) is 0 Å². The molecule has 1 aromatic rings. The van der Waals surface area contributed by atoms with E-state index in [1.165, 1.54) is 9.87 Å². The summed E-state index contributed by atoms with van der Waals surface area (Å²) in [6.45, 7) is 6.74. The van der Waals surface area contributed by atoms with Gasteiger partial charge in [0, 0.05) is 20.6 Å². The first-order valence-corrected chi connectivity index (χ1v) is 7.93. The average Bonchev–Trinajstić information content (AvgIpc) is 2.30. The Labute approximate surface area is 116 Å². The molecule has 0 fully saturated rings. The van der Waals surface area contributed by atoms with Crippen molar-refractivity contribution in [2.24, 2.45) is 5.92 Å². The molecule has 0 radical (unpaired) electrons. The van der Waals surface area contributed by atoms with Crippen molar-refractivity contribution in [1.29, 1.82) is 0 Å². The molecule has 0 aromatic heterocycles. The smallest absolute Gasteiger partial charge is 0.257 e. The molecule has 0 saturated carbocycles. The molecule has 1 aliphatic heterocycles. The Bertz CT molecular complexity index is 594. The molecule has 0 N–H and O–H groups in total. The minimum Gasteiger partial charge on any atom is -0.257 e. The molecule has 2 rings (SSSR count). The topological polar surface area (TPSA) is 40.6 Å². The van der Waals surface area contributed by atoms with E-state index in [9.17, 15) is 8.42 Å². The van der Waals surface area contributed by atoms with Gasteiger partial charge in [0.1, 0.15) is 0 Å². The highest BCUT2D eigenvalue weighted by Crippen LogP contribution is 2.34. The molecule has 1 atom stereocenters. The predicted octanol–water partition coefficient (Wildman–Crippen LogP) is 2.11. The lowest BCUT2D eigenvalue weighted by Gasteiger charge is -2.36. The largest absolute Gasteiger partial charge is 0.303 e. The van der Waals surface area contributed by atoms with Gasteiger partial charge in [-0.25, -0.2) is 0 Å². The highest BCUT2D eigenvalue weighted by atomic mass is 32.2. The highest BCUT2D eigenvalue weighted by molar-refractivity contribution is 7.90. The van der Waals surface area contributed by atoms with Crippen molar-refractivity contribution in [2.75, 3.05) is 24.9 Å². The minimum absolute atomic E-state index is 0.337. The van der Waals surface area contributed by atoms with Crippen LogP contribution in [0.1, 0.15) is 23.6 Å². The van der Waals surface area contributed by atoms with Crippen molar-refractivity contribution in [3.8, 4) is 0 Å². The van der Waals surface area contributed by atoms with Crippen LogP contribution in [0.25, 0.3) is 0 Å². The summed E-state index contributed by atoms with van der Waals surface area (Å²) >= 11 is 0. The zero-order valence-corrected chi connectivity index (χ0v) is 13.1. The molecule has 0 bridgehead atoms. The zero-order chi connectivity index (χ0) is 14.4. The van der Waals surface area contributed by atoms with Gasteiger partial charge in [-0.15, -0.1) is 0 Å². The summed E-state index contributed by atoms with van der Waals surface area (Å²) in [5.41, 5.74) is 4.32. The third kappa shape index (κ3) is 2.49. The molecular weight excluding hydrogens is 260 g/mol. The Morgan fingerprint density at radius 2 is 1.79 bits per heavy atom. The molecular formula is C14H22N2O2S. The van der Waals surface area contributed by atoms with Crippen molar-refractivity contribution in [3.05, 3.63) is 28.8 Å². The Balaban J connectivity index is 2.59. The monoisotopic (exact) mass is 282 g/mol. The maximum Gasteiger partial charge on any atom is 0.303 e. The Morgan fingerprint density at radius 1 is 1.21 bits per heavy atom. The lowest BCUT2D eigenvalue weighted by molar-refractivity contribution is 0.496. The van der Waals surface area contributed by atoms with E-state index in [1.54, 1.807) is 18.4 Å². The van der Waals surface area contributed by atoms with E-state index in [2.05, 4.69) is 19.9 Å². The van der Waals surface area contributed by atoms with Crippen molar-refractivity contribution in [2.45, 2.75) is 27.2 Å². The highest BCUT2D eigenvalue weighted by Gasteiger charge is 2.32. The van der Waals surface area contributed by atoms with Gasteiger partial charge >= 0.3 is 10.2 Å². The van der Waals surface area contributed by atoms with E-state index < -0.39 is 10.2 Å². The normalized spacial score (nSPS) is 19.7. The van der Waals surface area contributed by atoms with Crippen molar-refractivity contribution >= 4 is 15.9 Å². The van der Waals surface area contributed by atoms with Crippen molar-refractivity contribution < 1.29 is 8.42 Å². The fraction of sp³-hybridized carbons (Fsp3) is 0.571. The Hall–Kier alpha value is -1.07. The summed E-state index contributed by atoms with van der Waals surface area (Å²) < 4.78 is 27.7. The molecule has 106 valence electrons. The molecule has 0 amide bonds. The van der Waals surface area contributed by atoms with E-state index in [-0.39, 0.29) is 0 Å². The van der Waals surface area contributed by atoms with E-state index in [0.717, 1.165) is 23.2 Å². The first-order chi connectivity index (χ1) is 8.73. The van der Waals surface area contributed by atoms with Gasteiger partial charge in [0.2, 0.25) is 0 Å². The van der Waals surface area contributed by atoms with Crippen LogP contribution in [0.2, 0.25) is 0 Å². The van der Waals surface area contributed by atoms with E-state index in [1.807, 2.05) is 13.0 Å². The fourth-order valence-corrected chi connectivity index (χ4v) is 3.75. The first kappa shape index (κ1) is 14.3. The maximum absolute atomic E-state index is 12.4. The molecule has 0 aliphatic carbocycles. The summed E-state index contributed by atoms with van der Waals surface area (Å²) in [6, 6.07) is 4.12. The van der Waals surface area contributed by atoms with Crippen LogP contribution < -0.4 is 4.31 Å². The molecule has 0 saturated heterocycles. The number of hydrogen-bond acceptors (Lipinski definition) is 2. The molecule has 1 heterocycles. The van der Waals surface area contributed by atoms with Crippen molar-refractivity contribution in [1.82, 2.24) is 4.31 Å². The van der Waals surface area contributed by atoms with Crippen LogP contribution in [-0.4, -0.2) is 33.4 Å². The number of aryl methyl sites for hydroxylation is 2. The van der Waals surface area contributed by atoms with E-state index >= 15 is 0 Å². The van der Waals surface area contributed by atoms with Crippen LogP contribution in [0.4, 0.5) is 5.69 Å². The van der Waals surface area contributed by atoms with Gasteiger partial charge in [0.05, 0.1) is 5.69 Å². The maximum atomic E-state index is 12.4. The number of rotatable bonds is 2. The SMILES string of the molecule is Cc1cc2c(cc1C)N(S(=O)(=O)N(C)C)CC(C)C2. The van der Waals surface area contributed by atoms with Gasteiger partial charge in [-0.1, -0.05) is 13.0 Å². The van der Waals surface area contributed by atoms with Gasteiger partial charge in [-0.2, -0.15) is 12.7 Å². The van der Waals surface area contributed by atoms with Crippen LogP contribution >= 0.6 is 0 Å². The zero-order valence-electron chi connectivity index (χ0n) is 12.3. The van der Waals surface area contributed by atoms with Crippen LogP contribution in [-0.2, 0) is 16.6 Å². The number of fused-ring (bicyclic) bond motifs is 1. The first-order valence-electron chi connectivity index (χ1n) is 6.53. The van der Waals surface area contributed by atoms with Crippen LogP contribution in [0.3, 0.4) is 0 Å². The molecule has 4 nitrogen and oxygen atoms in total. The molecule has 1 unspecified atom stereocenters. The second-order valence-electron chi connectivity index (χ2n) is 5.70. The summed E-state index contributed by atoms with van der Waals surface area (Å²) in [6.07, 6.45) is 0.940. The fourth-order valence-electron chi connectivity index (χ4n) is 2.49. The lowest BCUT2D eigenvalue weighted by atomic mass is 9.92. The number of hydrogen-bond donors (Lipinski definition) is 0. The molecule has 19 heavy (non-hydrogen) atoms. The standard InChI is InChI=1S/C14H22N2O2S/c1-10-6-13-7-11(2)12(3)8-14(13)16(9-10)19(17,18)15(4)5/h7-8,10H,6,9H2,1-5H3. The number of nitrogens with zero attached hydrogens (tertiary/aromatic N) is 2. The van der Waals surface area contributed by atoms with E-state index in [0.29, 0.717) is 12.5 Å². The Kier molecular flexibility index (Phi) is 3.62. The average molecular weight is 282 g/mol. The number of benzene rings is 1. The van der Waals surface area contributed by atoms with Gasteiger partial charge in [-0.05, 0) is 48.9 Å². The van der Waals surface area contributed by atoms with Gasteiger partial charge in [0.15, 0.2) is 0 Å². The van der Waals surface area contributed by atoms with Crippen LogP contribution in [0.15, 0.2) is 12.1 Å². The predicted molar refractivity (Wildman–Crippen MR) is 78.7 cm³/mol. The van der Waals surface area contributed by atoms with Gasteiger partial charge < -0.3 is 0 Å². The second kappa shape index (κ2) is 4.80. The summed E-state index contributed by atoms with van der Waals surface area (Å²) in [5.74, 6) is 0.337. The molecule has 1 aromatic carbocycles. The van der Waals surface area contributed by atoms with E-state index in [4.69, 9.17) is 0 Å². The number of anilines is 1.